The Bertz CT molecular complexity index is 374. The van der Waals surface area contributed by atoms with E-state index >= 15 is 0 Å². The molecule has 3 nitrogen and oxygen atoms in total. The smallest absolute Gasteiger partial charge is 0.182 e. The second kappa shape index (κ2) is 7.21. The Hall–Kier alpha value is -1.29. The maximum Gasteiger partial charge on any atom is 0.182 e. The van der Waals surface area contributed by atoms with Gasteiger partial charge in [-0.25, -0.2) is 4.39 Å². The summed E-state index contributed by atoms with van der Waals surface area (Å²) in [6, 6.07) is 3.22. The van der Waals surface area contributed by atoms with Crippen molar-refractivity contribution in [3.8, 4) is 0 Å². The number of hydrogen-bond acceptors (Lipinski definition) is 3. The molecule has 0 amide bonds. The van der Waals surface area contributed by atoms with E-state index in [2.05, 4.69) is 23.7 Å². The number of carbonyl (C=O) groups excluding carboxylic acids is 1. The van der Waals surface area contributed by atoms with Crippen molar-refractivity contribution in [3.63, 3.8) is 0 Å². The lowest BCUT2D eigenvalue weighted by molar-refractivity contribution is 0.0953. The number of pyridine rings is 1. The summed E-state index contributed by atoms with van der Waals surface area (Å²) in [6.45, 7) is 5.01. The van der Waals surface area contributed by atoms with E-state index in [0.29, 0.717) is 24.7 Å². The van der Waals surface area contributed by atoms with Crippen LogP contribution >= 0.6 is 0 Å². The molecular weight excluding hydrogens is 231 g/mol. The van der Waals surface area contributed by atoms with Gasteiger partial charge in [-0.15, -0.1) is 0 Å². The summed E-state index contributed by atoms with van der Waals surface area (Å²) < 4.78 is 12.7. The Labute approximate surface area is 108 Å². The predicted molar refractivity (Wildman–Crippen MR) is 70.1 cm³/mol. The number of aromatic nitrogens is 1. The Kier molecular flexibility index (Phi) is 5.92. The van der Waals surface area contributed by atoms with Crippen LogP contribution in [-0.2, 0) is 0 Å². The van der Waals surface area contributed by atoms with Gasteiger partial charge in [0.25, 0.3) is 0 Å². The third-order valence-corrected chi connectivity index (χ3v) is 3.27. The quantitative estimate of drug-likeness (QED) is 0.700. The van der Waals surface area contributed by atoms with Crippen molar-refractivity contribution in [2.75, 3.05) is 13.6 Å². The molecule has 0 radical (unpaired) electrons. The molecular formula is C14H21FN2O. The molecule has 0 saturated heterocycles. The second-order valence-corrected chi connectivity index (χ2v) is 4.49. The Balaban J connectivity index is 2.48. The van der Waals surface area contributed by atoms with Crippen molar-refractivity contribution in [2.24, 2.45) is 0 Å². The zero-order valence-corrected chi connectivity index (χ0v) is 11.3. The molecule has 1 rings (SSSR count). The van der Waals surface area contributed by atoms with E-state index in [1.165, 1.54) is 12.1 Å². The van der Waals surface area contributed by atoms with E-state index in [0.717, 1.165) is 19.0 Å². The van der Waals surface area contributed by atoms with Gasteiger partial charge in [0, 0.05) is 19.0 Å². The van der Waals surface area contributed by atoms with Crippen molar-refractivity contribution in [2.45, 2.75) is 39.2 Å². The van der Waals surface area contributed by atoms with Gasteiger partial charge in [-0.05, 0) is 32.0 Å². The maximum atomic E-state index is 12.7. The van der Waals surface area contributed by atoms with Gasteiger partial charge in [0.2, 0.25) is 0 Å². The highest BCUT2D eigenvalue weighted by molar-refractivity contribution is 5.94. The lowest BCUT2D eigenvalue weighted by atomic mass is 10.1. The van der Waals surface area contributed by atoms with Gasteiger partial charge in [-0.1, -0.05) is 13.8 Å². The van der Waals surface area contributed by atoms with Crippen LogP contribution in [0.3, 0.4) is 0 Å². The summed E-state index contributed by atoms with van der Waals surface area (Å²) in [5.41, 5.74) is 0.342. The minimum absolute atomic E-state index is 0.0344. The fourth-order valence-electron chi connectivity index (χ4n) is 2.04. The van der Waals surface area contributed by atoms with Gasteiger partial charge in [0.15, 0.2) is 5.78 Å². The predicted octanol–water partition coefficient (Wildman–Crippen LogP) is 2.91. The van der Waals surface area contributed by atoms with Gasteiger partial charge in [0.05, 0.1) is 6.20 Å². The van der Waals surface area contributed by atoms with Crippen LogP contribution in [0.25, 0.3) is 0 Å². The van der Waals surface area contributed by atoms with E-state index in [4.69, 9.17) is 0 Å². The Morgan fingerprint density at radius 2 is 2.06 bits per heavy atom. The van der Waals surface area contributed by atoms with Crippen LogP contribution in [0.2, 0.25) is 0 Å². The third kappa shape index (κ3) is 4.18. The number of ketones is 1. The summed E-state index contributed by atoms with van der Waals surface area (Å²) in [5, 5.41) is 0. The van der Waals surface area contributed by atoms with Crippen LogP contribution in [0.4, 0.5) is 4.39 Å². The monoisotopic (exact) mass is 252 g/mol. The third-order valence-electron chi connectivity index (χ3n) is 3.27. The second-order valence-electron chi connectivity index (χ2n) is 4.49. The largest absolute Gasteiger partial charge is 0.303 e. The normalized spacial score (nSPS) is 11.2. The summed E-state index contributed by atoms with van der Waals surface area (Å²) >= 11 is 0. The molecule has 0 aromatic carbocycles. The standard InChI is InChI=1S/C14H21FN2O/c1-4-12(5-2)17(3)9-8-14(18)13-7-6-11(15)10-16-13/h6-7,10,12H,4-5,8-9H2,1-3H3. The molecule has 0 fully saturated rings. The molecule has 1 heterocycles. The van der Waals surface area contributed by atoms with Crippen LogP contribution in [0.15, 0.2) is 18.3 Å². The fourth-order valence-corrected chi connectivity index (χ4v) is 2.04. The van der Waals surface area contributed by atoms with Crippen LogP contribution in [0.1, 0.15) is 43.6 Å². The highest BCUT2D eigenvalue weighted by Crippen LogP contribution is 2.08. The molecule has 0 unspecified atom stereocenters. The van der Waals surface area contributed by atoms with Crippen LogP contribution in [0.5, 0.6) is 0 Å². The number of halogens is 1. The van der Waals surface area contributed by atoms with Crippen LogP contribution in [0, 0.1) is 5.82 Å². The van der Waals surface area contributed by atoms with Gasteiger partial charge in [0.1, 0.15) is 11.5 Å². The molecule has 0 atom stereocenters. The molecule has 0 aliphatic rings. The number of Topliss-reactive ketones (excluding diaryl/α,β-unsaturated/α-hetero) is 1. The molecule has 0 bridgehead atoms. The molecule has 1 aromatic rings. The highest BCUT2D eigenvalue weighted by atomic mass is 19.1. The van der Waals surface area contributed by atoms with Crippen molar-refractivity contribution >= 4 is 5.78 Å². The number of carbonyl (C=O) groups is 1. The zero-order chi connectivity index (χ0) is 13.5. The average Bonchev–Trinajstić information content (AvgIpc) is 2.38. The summed E-state index contributed by atoms with van der Waals surface area (Å²) in [5.74, 6) is -0.450. The minimum Gasteiger partial charge on any atom is -0.303 e. The first-order valence-corrected chi connectivity index (χ1v) is 6.43. The summed E-state index contributed by atoms with van der Waals surface area (Å²) in [7, 11) is 2.03. The Morgan fingerprint density at radius 3 is 2.56 bits per heavy atom. The number of rotatable bonds is 7. The molecule has 0 aliphatic heterocycles. The maximum absolute atomic E-state index is 12.7. The number of hydrogen-bond donors (Lipinski definition) is 0. The molecule has 0 spiro atoms. The van der Waals surface area contributed by atoms with Gasteiger partial charge in [-0.2, -0.15) is 0 Å². The van der Waals surface area contributed by atoms with E-state index in [1.807, 2.05) is 7.05 Å². The van der Waals surface area contributed by atoms with Crippen molar-refractivity contribution in [1.82, 2.24) is 9.88 Å². The highest BCUT2D eigenvalue weighted by Gasteiger charge is 2.13. The summed E-state index contributed by atoms with van der Waals surface area (Å²) in [4.78, 5) is 17.8. The van der Waals surface area contributed by atoms with E-state index in [9.17, 15) is 9.18 Å². The lowest BCUT2D eigenvalue weighted by Gasteiger charge is -2.25. The van der Waals surface area contributed by atoms with Gasteiger partial charge < -0.3 is 4.90 Å². The van der Waals surface area contributed by atoms with Gasteiger partial charge >= 0.3 is 0 Å². The van der Waals surface area contributed by atoms with Gasteiger partial charge in [-0.3, -0.25) is 9.78 Å². The zero-order valence-electron chi connectivity index (χ0n) is 11.3. The van der Waals surface area contributed by atoms with Crippen LogP contribution < -0.4 is 0 Å². The molecule has 0 saturated carbocycles. The first-order valence-electron chi connectivity index (χ1n) is 6.43. The van der Waals surface area contributed by atoms with Crippen LogP contribution in [-0.4, -0.2) is 35.3 Å². The van der Waals surface area contributed by atoms with Crippen molar-refractivity contribution in [3.05, 3.63) is 29.8 Å². The fraction of sp³-hybridized carbons (Fsp3) is 0.571. The first kappa shape index (κ1) is 14.8. The molecule has 0 N–H and O–H groups in total. The average molecular weight is 252 g/mol. The number of nitrogens with zero attached hydrogens (tertiary/aromatic N) is 2. The Morgan fingerprint density at radius 1 is 1.39 bits per heavy atom. The SMILES string of the molecule is CCC(CC)N(C)CCC(=O)c1ccc(F)cn1. The molecule has 4 heteroatoms. The molecule has 100 valence electrons. The molecule has 0 aliphatic carbocycles. The van der Waals surface area contributed by atoms with E-state index in [1.54, 1.807) is 0 Å². The lowest BCUT2D eigenvalue weighted by Crippen LogP contribution is -2.32. The minimum atomic E-state index is -0.416. The molecule has 1 aromatic heterocycles. The van der Waals surface area contributed by atoms with Crippen molar-refractivity contribution in [1.29, 1.82) is 0 Å². The van der Waals surface area contributed by atoms with Crippen molar-refractivity contribution < 1.29 is 9.18 Å². The summed E-state index contributed by atoms with van der Waals surface area (Å²) in [6.07, 6.45) is 3.66. The first-order chi connectivity index (χ1) is 8.58. The van der Waals surface area contributed by atoms with E-state index < -0.39 is 5.82 Å². The molecule has 18 heavy (non-hydrogen) atoms. The van der Waals surface area contributed by atoms with E-state index in [-0.39, 0.29) is 5.78 Å². The topological polar surface area (TPSA) is 33.2 Å².